The van der Waals surface area contributed by atoms with Gasteiger partial charge in [0, 0.05) is 19.3 Å². The van der Waals surface area contributed by atoms with Gasteiger partial charge in [0.25, 0.3) is 5.91 Å². The van der Waals surface area contributed by atoms with Crippen molar-refractivity contribution in [1.29, 1.82) is 0 Å². The molecule has 2 heterocycles. The fourth-order valence-corrected chi connectivity index (χ4v) is 2.02. The molecule has 1 aliphatic rings. The van der Waals surface area contributed by atoms with Crippen molar-refractivity contribution >= 4 is 11.9 Å². The third-order valence-electron chi connectivity index (χ3n) is 3.16. The van der Waals surface area contributed by atoms with Crippen LogP contribution in [0.4, 0.5) is 4.79 Å². The average Bonchev–Trinajstić information content (AvgIpc) is 2.99. The van der Waals surface area contributed by atoms with E-state index in [0.717, 1.165) is 12.1 Å². The van der Waals surface area contributed by atoms with Gasteiger partial charge in [-0.1, -0.05) is 26.0 Å². The first-order valence-corrected chi connectivity index (χ1v) is 7.47. The highest BCUT2D eigenvalue weighted by Gasteiger charge is 2.43. The van der Waals surface area contributed by atoms with Gasteiger partial charge in [0.2, 0.25) is 0 Å². The Balaban J connectivity index is 0.00000106. The van der Waals surface area contributed by atoms with Crippen molar-refractivity contribution in [1.82, 2.24) is 25.2 Å². The van der Waals surface area contributed by atoms with Crippen LogP contribution in [-0.4, -0.2) is 43.9 Å². The van der Waals surface area contributed by atoms with Crippen LogP contribution >= 0.6 is 0 Å². The zero-order chi connectivity index (χ0) is 16.0. The summed E-state index contributed by atoms with van der Waals surface area (Å²) in [4.78, 5) is 24.9. The predicted molar refractivity (Wildman–Crippen MR) is 79.7 cm³/mol. The van der Waals surface area contributed by atoms with E-state index in [1.54, 1.807) is 18.5 Å². The predicted octanol–water partition coefficient (Wildman–Crippen LogP) is 1.59. The Hall–Kier alpha value is -1.92. The third kappa shape index (κ3) is 4.03. The van der Waals surface area contributed by atoms with Gasteiger partial charge < -0.3 is 5.32 Å². The van der Waals surface area contributed by atoms with Crippen molar-refractivity contribution in [2.24, 2.45) is 0 Å². The van der Waals surface area contributed by atoms with Crippen molar-refractivity contribution in [3.05, 3.63) is 11.9 Å². The molecule has 1 saturated heterocycles. The molecule has 0 aliphatic carbocycles. The molecule has 0 saturated carbocycles. The zero-order valence-electron chi connectivity index (χ0n) is 13.5. The maximum atomic E-state index is 11.9. The first kappa shape index (κ1) is 17.1. The lowest BCUT2D eigenvalue weighted by molar-refractivity contribution is -0.130. The molecular weight excluding hydrogens is 270 g/mol. The first-order chi connectivity index (χ1) is 9.94. The van der Waals surface area contributed by atoms with Crippen molar-refractivity contribution in [3.8, 4) is 0 Å². The number of hydrogen-bond acceptors (Lipinski definition) is 4. The molecule has 0 bridgehead atoms. The minimum Gasteiger partial charge on any atom is -0.324 e. The molecule has 7 heteroatoms. The number of carbonyl (C=O) groups is 2. The summed E-state index contributed by atoms with van der Waals surface area (Å²) in [5.41, 5.74) is 0.149. The number of hydrogen-bond donors (Lipinski definition) is 1. The Bertz CT molecular complexity index is 495. The lowest BCUT2D eigenvalue weighted by atomic mass is 10.1. The van der Waals surface area contributed by atoms with Gasteiger partial charge >= 0.3 is 6.03 Å². The quantitative estimate of drug-likeness (QED) is 0.836. The van der Waals surface area contributed by atoms with E-state index < -0.39 is 5.54 Å². The lowest BCUT2D eigenvalue weighted by Crippen LogP contribution is -2.40. The zero-order valence-corrected chi connectivity index (χ0v) is 13.5. The van der Waals surface area contributed by atoms with Gasteiger partial charge in [0.05, 0.1) is 5.69 Å². The van der Waals surface area contributed by atoms with E-state index in [-0.39, 0.29) is 11.9 Å². The van der Waals surface area contributed by atoms with E-state index in [1.807, 2.05) is 27.0 Å². The van der Waals surface area contributed by atoms with Crippen LogP contribution in [-0.2, 0) is 17.8 Å². The van der Waals surface area contributed by atoms with Gasteiger partial charge in [-0.25, -0.2) is 4.79 Å². The first-order valence-electron chi connectivity index (χ1n) is 7.47. The molecule has 21 heavy (non-hydrogen) atoms. The molecule has 1 aliphatic heterocycles. The normalized spacial score (nSPS) is 16.5. The molecule has 7 nitrogen and oxygen atoms in total. The van der Waals surface area contributed by atoms with E-state index in [2.05, 4.69) is 15.6 Å². The topological polar surface area (TPSA) is 80.1 Å². The molecule has 0 radical (unpaired) electrons. The molecule has 1 aromatic rings. The minimum absolute atomic E-state index is 0.176. The van der Waals surface area contributed by atoms with Crippen LogP contribution in [0.1, 0.15) is 46.7 Å². The summed E-state index contributed by atoms with van der Waals surface area (Å²) in [7, 11) is 0. The smallest absolute Gasteiger partial charge is 0.324 e. The SMILES string of the molecule is CC.CCc1cn(CCCN2C(=O)NC(C)(C)C2=O)nn1. The summed E-state index contributed by atoms with van der Waals surface area (Å²) in [5.74, 6) is -0.176. The number of urea groups is 1. The molecule has 1 aromatic heterocycles. The Morgan fingerprint density at radius 3 is 2.38 bits per heavy atom. The molecule has 3 amide bonds. The fraction of sp³-hybridized carbons (Fsp3) is 0.714. The lowest BCUT2D eigenvalue weighted by Gasteiger charge is -2.15. The van der Waals surface area contributed by atoms with Gasteiger partial charge in [-0.05, 0) is 26.7 Å². The number of rotatable bonds is 5. The third-order valence-corrected chi connectivity index (χ3v) is 3.16. The summed E-state index contributed by atoms with van der Waals surface area (Å²) < 4.78 is 1.74. The fourth-order valence-electron chi connectivity index (χ4n) is 2.02. The second-order valence-corrected chi connectivity index (χ2v) is 5.19. The van der Waals surface area contributed by atoms with Crippen LogP contribution < -0.4 is 5.32 Å². The monoisotopic (exact) mass is 295 g/mol. The van der Waals surface area contributed by atoms with Gasteiger partial charge in [0.15, 0.2) is 0 Å². The minimum atomic E-state index is -0.792. The van der Waals surface area contributed by atoms with Gasteiger partial charge in [0.1, 0.15) is 5.54 Å². The molecular formula is C14H25N5O2. The van der Waals surface area contributed by atoms with E-state index >= 15 is 0 Å². The van der Waals surface area contributed by atoms with E-state index in [0.29, 0.717) is 19.5 Å². The van der Waals surface area contributed by atoms with Crippen molar-refractivity contribution in [3.63, 3.8) is 0 Å². The number of imide groups is 1. The Morgan fingerprint density at radius 2 is 1.90 bits per heavy atom. The van der Waals surface area contributed by atoms with Crippen LogP contribution in [0.3, 0.4) is 0 Å². The number of aromatic nitrogens is 3. The summed E-state index contributed by atoms with van der Waals surface area (Å²) in [6, 6.07) is -0.317. The molecule has 0 atom stereocenters. The molecule has 118 valence electrons. The molecule has 1 N–H and O–H groups in total. The highest BCUT2D eigenvalue weighted by atomic mass is 16.2. The van der Waals surface area contributed by atoms with Crippen LogP contribution in [0.2, 0.25) is 0 Å². The number of carbonyl (C=O) groups excluding carboxylic acids is 2. The van der Waals surface area contributed by atoms with Crippen molar-refractivity contribution in [2.75, 3.05) is 6.54 Å². The van der Waals surface area contributed by atoms with Gasteiger partial charge in [-0.3, -0.25) is 14.4 Å². The molecule has 0 spiro atoms. The number of amides is 3. The number of nitrogens with one attached hydrogen (secondary N) is 1. The maximum absolute atomic E-state index is 11.9. The Kier molecular flexibility index (Phi) is 5.87. The van der Waals surface area contributed by atoms with Crippen LogP contribution in [0.5, 0.6) is 0 Å². The van der Waals surface area contributed by atoms with Crippen molar-refractivity contribution in [2.45, 2.75) is 59.5 Å². The largest absolute Gasteiger partial charge is 0.325 e. The van der Waals surface area contributed by atoms with Crippen LogP contribution in [0, 0.1) is 0 Å². The Morgan fingerprint density at radius 1 is 1.24 bits per heavy atom. The standard InChI is InChI=1S/C12H19N5O2.C2H6/c1-4-9-8-16(15-14-9)6-5-7-17-10(18)12(2,3)13-11(17)19;1-2/h8H,4-7H2,1-3H3,(H,13,19);1-2H3. The summed E-state index contributed by atoms with van der Waals surface area (Å²) in [6.45, 7) is 10.5. The molecule has 2 rings (SSSR count). The van der Waals surface area contributed by atoms with E-state index in [9.17, 15) is 9.59 Å². The highest BCUT2D eigenvalue weighted by molar-refractivity contribution is 6.06. The van der Waals surface area contributed by atoms with Crippen LogP contribution in [0.15, 0.2) is 6.20 Å². The average molecular weight is 295 g/mol. The second-order valence-electron chi connectivity index (χ2n) is 5.19. The highest BCUT2D eigenvalue weighted by Crippen LogP contribution is 2.16. The number of nitrogens with zero attached hydrogens (tertiary/aromatic N) is 4. The summed E-state index contributed by atoms with van der Waals surface area (Å²) in [6.07, 6.45) is 3.40. The number of aryl methyl sites for hydroxylation is 2. The van der Waals surface area contributed by atoms with E-state index in [4.69, 9.17) is 0 Å². The van der Waals surface area contributed by atoms with Gasteiger partial charge in [-0.2, -0.15) is 0 Å². The van der Waals surface area contributed by atoms with Gasteiger partial charge in [-0.15, -0.1) is 5.10 Å². The molecule has 1 fully saturated rings. The Labute approximate surface area is 125 Å². The van der Waals surface area contributed by atoms with Crippen LogP contribution in [0.25, 0.3) is 0 Å². The molecule has 0 aromatic carbocycles. The van der Waals surface area contributed by atoms with Crippen molar-refractivity contribution < 1.29 is 9.59 Å². The maximum Gasteiger partial charge on any atom is 0.325 e. The summed E-state index contributed by atoms with van der Waals surface area (Å²) in [5, 5.41) is 10.6. The summed E-state index contributed by atoms with van der Waals surface area (Å²) >= 11 is 0. The molecule has 0 unspecified atom stereocenters. The second kappa shape index (κ2) is 7.19. The van der Waals surface area contributed by atoms with E-state index in [1.165, 1.54) is 4.90 Å².